The summed E-state index contributed by atoms with van der Waals surface area (Å²) in [7, 11) is 0. The van der Waals surface area contributed by atoms with Crippen molar-refractivity contribution in [2.24, 2.45) is 5.73 Å². The number of hydrogen-bond donors (Lipinski definition) is 1. The second kappa shape index (κ2) is 5.41. The van der Waals surface area contributed by atoms with Crippen LogP contribution in [0.15, 0.2) is 51.4 Å². The minimum absolute atomic E-state index is 0.385. The molecule has 1 atom stereocenters. The van der Waals surface area contributed by atoms with Crippen molar-refractivity contribution in [2.75, 3.05) is 0 Å². The van der Waals surface area contributed by atoms with Crippen LogP contribution in [0.1, 0.15) is 17.4 Å². The largest absolute Gasteiger partial charge is 0.458 e. The van der Waals surface area contributed by atoms with E-state index in [1.165, 1.54) is 0 Å². The lowest BCUT2D eigenvalue weighted by Gasteiger charge is -2.09. The summed E-state index contributed by atoms with van der Waals surface area (Å²) in [4.78, 5) is 0. The fourth-order valence-corrected chi connectivity index (χ4v) is 2.84. The third-order valence-electron chi connectivity index (χ3n) is 3.12. The Balaban J connectivity index is 2.05. The third kappa shape index (κ3) is 2.47. The Kier molecular flexibility index (Phi) is 3.78. The van der Waals surface area contributed by atoms with Crippen molar-refractivity contribution in [3.8, 4) is 0 Å². The highest BCUT2D eigenvalue weighted by Crippen LogP contribution is 2.32. The molecule has 2 aromatic carbocycles. The molecule has 1 aromatic heterocycles. The number of halogens is 3. The van der Waals surface area contributed by atoms with E-state index in [-0.39, 0.29) is 6.04 Å². The number of fused-ring (bicyclic) bond motifs is 1. The molecule has 5 heteroatoms. The highest BCUT2D eigenvalue weighted by molar-refractivity contribution is 9.10. The minimum atomic E-state index is -0.385. The standard InChI is InChI=1S/C15H10BrCl2NO/c16-10-3-1-2-9-7-13(20-15(9)10)14(19)8-4-5-11(17)12(18)6-8/h1-7,14H,19H2. The maximum absolute atomic E-state index is 6.24. The van der Waals surface area contributed by atoms with Crippen molar-refractivity contribution < 1.29 is 4.42 Å². The summed E-state index contributed by atoms with van der Waals surface area (Å²) in [5.74, 6) is 0.685. The molecule has 2 nitrogen and oxygen atoms in total. The first-order valence-electron chi connectivity index (χ1n) is 5.95. The lowest BCUT2D eigenvalue weighted by Crippen LogP contribution is -2.10. The van der Waals surface area contributed by atoms with Crippen LogP contribution in [0.3, 0.4) is 0 Å². The number of nitrogens with two attached hydrogens (primary N) is 1. The van der Waals surface area contributed by atoms with Gasteiger partial charge in [0, 0.05) is 5.39 Å². The molecule has 0 amide bonds. The number of hydrogen-bond acceptors (Lipinski definition) is 2. The molecule has 0 aliphatic rings. The Morgan fingerprint density at radius 1 is 1.05 bits per heavy atom. The van der Waals surface area contributed by atoms with Gasteiger partial charge in [0.25, 0.3) is 0 Å². The van der Waals surface area contributed by atoms with Crippen LogP contribution < -0.4 is 5.73 Å². The summed E-state index contributed by atoms with van der Waals surface area (Å²) in [5.41, 5.74) is 7.88. The fourth-order valence-electron chi connectivity index (χ4n) is 2.07. The number of benzene rings is 2. The van der Waals surface area contributed by atoms with Crippen molar-refractivity contribution in [3.05, 3.63) is 68.3 Å². The van der Waals surface area contributed by atoms with E-state index in [0.717, 1.165) is 21.0 Å². The molecule has 20 heavy (non-hydrogen) atoms. The van der Waals surface area contributed by atoms with Crippen LogP contribution in [0.5, 0.6) is 0 Å². The first kappa shape index (κ1) is 14.0. The summed E-state index contributed by atoms with van der Waals surface area (Å²) in [6, 6.07) is 12.8. The van der Waals surface area contributed by atoms with Crippen LogP contribution in [0.4, 0.5) is 0 Å². The van der Waals surface area contributed by atoms with Gasteiger partial charge >= 0.3 is 0 Å². The predicted molar refractivity (Wildman–Crippen MR) is 86.4 cm³/mol. The first-order valence-corrected chi connectivity index (χ1v) is 7.49. The molecule has 3 aromatic rings. The molecule has 102 valence electrons. The van der Waals surface area contributed by atoms with E-state index in [2.05, 4.69) is 15.9 Å². The second-order valence-corrected chi connectivity index (χ2v) is 6.13. The van der Waals surface area contributed by atoms with Gasteiger partial charge in [-0.05, 0) is 45.8 Å². The van der Waals surface area contributed by atoms with Crippen molar-refractivity contribution in [3.63, 3.8) is 0 Å². The van der Waals surface area contributed by atoms with E-state index < -0.39 is 0 Å². The first-order chi connectivity index (χ1) is 9.56. The van der Waals surface area contributed by atoms with E-state index in [4.69, 9.17) is 33.4 Å². The molecule has 2 N–H and O–H groups in total. The number of furan rings is 1. The Labute approximate surface area is 134 Å². The average Bonchev–Trinajstić information content (AvgIpc) is 2.86. The van der Waals surface area contributed by atoms with Gasteiger partial charge in [0.2, 0.25) is 0 Å². The molecular formula is C15H10BrCl2NO. The molecule has 0 aliphatic heterocycles. The summed E-state index contributed by atoms with van der Waals surface area (Å²) in [6.45, 7) is 0. The van der Waals surface area contributed by atoms with Crippen molar-refractivity contribution in [1.82, 2.24) is 0 Å². The van der Waals surface area contributed by atoms with Gasteiger partial charge in [-0.2, -0.15) is 0 Å². The quantitative estimate of drug-likeness (QED) is 0.642. The Bertz CT molecular complexity index is 785. The summed E-state index contributed by atoms with van der Waals surface area (Å²) >= 11 is 15.4. The molecule has 0 fully saturated rings. The van der Waals surface area contributed by atoms with Gasteiger partial charge < -0.3 is 10.2 Å². The molecule has 0 radical (unpaired) electrons. The molecule has 1 heterocycles. The summed E-state index contributed by atoms with van der Waals surface area (Å²) < 4.78 is 6.74. The van der Waals surface area contributed by atoms with Gasteiger partial charge in [0.1, 0.15) is 11.3 Å². The average molecular weight is 371 g/mol. The van der Waals surface area contributed by atoms with Crippen LogP contribution >= 0.6 is 39.1 Å². The van der Waals surface area contributed by atoms with Crippen molar-refractivity contribution >= 4 is 50.1 Å². The maximum atomic E-state index is 6.24. The van der Waals surface area contributed by atoms with E-state index in [9.17, 15) is 0 Å². The molecule has 3 rings (SSSR count). The SMILES string of the molecule is NC(c1ccc(Cl)c(Cl)c1)c1cc2cccc(Br)c2o1. The molecule has 0 saturated heterocycles. The topological polar surface area (TPSA) is 39.2 Å². The van der Waals surface area contributed by atoms with Crippen LogP contribution in [0.2, 0.25) is 10.0 Å². The van der Waals surface area contributed by atoms with Gasteiger partial charge in [-0.25, -0.2) is 0 Å². The fraction of sp³-hybridized carbons (Fsp3) is 0.0667. The van der Waals surface area contributed by atoms with Gasteiger partial charge in [-0.15, -0.1) is 0 Å². The lowest BCUT2D eigenvalue weighted by atomic mass is 10.1. The van der Waals surface area contributed by atoms with Crippen LogP contribution in [-0.4, -0.2) is 0 Å². The van der Waals surface area contributed by atoms with Crippen LogP contribution in [-0.2, 0) is 0 Å². The monoisotopic (exact) mass is 369 g/mol. The lowest BCUT2D eigenvalue weighted by molar-refractivity contribution is 0.524. The van der Waals surface area contributed by atoms with Gasteiger partial charge in [0.15, 0.2) is 0 Å². The van der Waals surface area contributed by atoms with Gasteiger partial charge in [-0.3, -0.25) is 0 Å². The minimum Gasteiger partial charge on any atom is -0.458 e. The van der Waals surface area contributed by atoms with E-state index >= 15 is 0 Å². The van der Waals surface area contributed by atoms with E-state index in [1.807, 2.05) is 30.3 Å². The normalized spacial score (nSPS) is 12.8. The van der Waals surface area contributed by atoms with Crippen LogP contribution in [0.25, 0.3) is 11.0 Å². The highest BCUT2D eigenvalue weighted by atomic mass is 79.9. The summed E-state index contributed by atoms with van der Waals surface area (Å²) in [6.07, 6.45) is 0. The maximum Gasteiger partial charge on any atom is 0.148 e. The summed E-state index contributed by atoms with van der Waals surface area (Å²) in [5, 5.41) is 2.00. The number of rotatable bonds is 2. The van der Waals surface area contributed by atoms with Gasteiger partial charge in [0.05, 0.1) is 20.6 Å². The molecule has 0 aliphatic carbocycles. The predicted octanol–water partition coefficient (Wildman–Crippen LogP) is 5.55. The zero-order chi connectivity index (χ0) is 14.3. The van der Waals surface area contributed by atoms with Crippen molar-refractivity contribution in [2.45, 2.75) is 6.04 Å². The zero-order valence-corrected chi connectivity index (χ0v) is 13.3. The third-order valence-corrected chi connectivity index (χ3v) is 4.49. The molecular weight excluding hydrogens is 361 g/mol. The second-order valence-electron chi connectivity index (χ2n) is 4.46. The molecule has 0 spiro atoms. The van der Waals surface area contributed by atoms with E-state index in [1.54, 1.807) is 12.1 Å². The Morgan fingerprint density at radius 2 is 1.85 bits per heavy atom. The molecule has 0 saturated carbocycles. The van der Waals surface area contributed by atoms with Crippen molar-refractivity contribution in [1.29, 1.82) is 0 Å². The van der Waals surface area contributed by atoms with E-state index in [0.29, 0.717) is 15.8 Å². The Morgan fingerprint density at radius 3 is 2.55 bits per heavy atom. The smallest absolute Gasteiger partial charge is 0.148 e. The van der Waals surface area contributed by atoms with Crippen LogP contribution in [0, 0.1) is 0 Å². The highest BCUT2D eigenvalue weighted by Gasteiger charge is 2.16. The number of para-hydroxylation sites is 1. The Hall–Kier alpha value is -1.00. The zero-order valence-electron chi connectivity index (χ0n) is 10.2. The molecule has 0 bridgehead atoms. The molecule has 1 unspecified atom stereocenters. The van der Waals surface area contributed by atoms with Gasteiger partial charge in [-0.1, -0.05) is 41.4 Å².